The molecule has 2 rings (SSSR count). The van der Waals surface area contributed by atoms with Gasteiger partial charge in [0.25, 0.3) is 0 Å². The molecular formula is C9H6NS. The molecule has 0 aliphatic rings. The number of thiophene rings is 1. The molecule has 2 aromatic rings. The van der Waals surface area contributed by atoms with E-state index in [0.29, 0.717) is 0 Å². The van der Waals surface area contributed by atoms with Crippen LogP contribution in [0.4, 0.5) is 0 Å². The second-order valence-electron chi connectivity index (χ2n) is 2.11. The van der Waals surface area contributed by atoms with E-state index in [9.17, 15) is 0 Å². The molecule has 0 aromatic carbocycles. The summed E-state index contributed by atoms with van der Waals surface area (Å²) in [5.41, 5.74) is 0.933. The van der Waals surface area contributed by atoms with Crippen LogP contribution in [0.25, 0.3) is 10.6 Å². The van der Waals surface area contributed by atoms with Crippen molar-refractivity contribution in [2.75, 3.05) is 0 Å². The van der Waals surface area contributed by atoms with Crippen LogP contribution in [0.15, 0.2) is 35.8 Å². The molecule has 53 valence electrons. The van der Waals surface area contributed by atoms with Crippen molar-refractivity contribution in [2.24, 2.45) is 0 Å². The fraction of sp³-hybridized carbons (Fsp3) is 0. The van der Waals surface area contributed by atoms with Crippen LogP contribution in [-0.4, -0.2) is 4.98 Å². The molecule has 2 aromatic heterocycles. The Kier molecular flexibility index (Phi) is 1.69. The Morgan fingerprint density at radius 2 is 2.36 bits per heavy atom. The first kappa shape index (κ1) is 6.55. The van der Waals surface area contributed by atoms with Crippen molar-refractivity contribution in [3.8, 4) is 10.6 Å². The van der Waals surface area contributed by atoms with E-state index in [-0.39, 0.29) is 0 Å². The number of pyridine rings is 1. The average Bonchev–Trinajstić information content (AvgIpc) is 2.58. The number of aromatic nitrogens is 1. The van der Waals surface area contributed by atoms with Gasteiger partial charge in [-0.15, -0.1) is 11.3 Å². The largest absolute Gasteiger partial charge is 0.255 e. The molecule has 0 saturated carbocycles. The van der Waals surface area contributed by atoms with Crippen LogP contribution in [0.1, 0.15) is 0 Å². The van der Waals surface area contributed by atoms with E-state index >= 15 is 0 Å². The van der Waals surface area contributed by atoms with Crippen molar-refractivity contribution in [3.05, 3.63) is 41.9 Å². The lowest BCUT2D eigenvalue weighted by molar-refractivity contribution is 1.33. The molecule has 11 heavy (non-hydrogen) atoms. The quantitative estimate of drug-likeness (QED) is 0.625. The summed E-state index contributed by atoms with van der Waals surface area (Å²) in [6, 6.07) is 10.9. The number of hydrogen-bond acceptors (Lipinski definition) is 2. The van der Waals surface area contributed by atoms with Crippen LogP contribution in [0.2, 0.25) is 0 Å². The predicted molar refractivity (Wildman–Crippen MR) is 46.4 cm³/mol. The van der Waals surface area contributed by atoms with Crippen molar-refractivity contribution in [2.45, 2.75) is 0 Å². The van der Waals surface area contributed by atoms with Crippen molar-refractivity contribution in [1.29, 1.82) is 0 Å². The fourth-order valence-corrected chi connectivity index (χ4v) is 1.56. The Morgan fingerprint density at radius 3 is 3.00 bits per heavy atom. The molecule has 0 amide bonds. The van der Waals surface area contributed by atoms with Crippen LogP contribution < -0.4 is 0 Å². The lowest BCUT2D eigenvalue weighted by atomic mass is 10.3. The van der Waals surface area contributed by atoms with E-state index in [2.05, 4.69) is 11.1 Å². The van der Waals surface area contributed by atoms with Crippen LogP contribution >= 0.6 is 11.3 Å². The third-order valence-corrected chi connectivity index (χ3v) is 2.24. The van der Waals surface area contributed by atoms with Gasteiger partial charge in [-0.3, -0.25) is 4.98 Å². The lowest BCUT2D eigenvalue weighted by Gasteiger charge is -1.91. The second-order valence-corrected chi connectivity index (χ2v) is 3.06. The van der Waals surface area contributed by atoms with E-state index in [1.165, 1.54) is 4.88 Å². The van der Waals surface area contributed by atoms with E-state index in [0.717, 1.165) is 5.69 Å². The predicted octanol–water partition coefficient (Wildman–Crippen LogP) is 2.61. The van der Waals surface area contributed by atoms with E-state index < -0.39 is 0 Å². The van der Waals surface area contributed by atoms with E-state index in [1.807, 2.05) is 29.6 Å². The van der Waals surface area contributed by atoms with Gasteiger partial charge in [0.1, 0.15) is 0 Å². The van der Waals surface area contributed by atoms with Crippen molar-refractivity contribution in [1.82, 2.24) is 4.98 Å². The molecular weight excluding hydrogens is 154 g/mol. The van der Waals surface area contributed by atoms with Gasteiger partial charge in [0, 0.05) is 12.3 Å². The van der Waals surface area contributed by atoms with Crippen LogP contribution in [-0.2, 0) is 0 Å². The molecule has 0 saturated heterocycles. The maximum Gasteiger partial charge on any atom is 0.0880 e. The van der Waals surface area contributed by atoms with Crippen molar-refractivity contribution in [3.63, 3.8) is 0 Å². The Balaban J connectivity index is 2.46. The molecule has 0 aliphatic carbocycles. The van der Waals surface area contributed by atoms with Gasteiger partial charge in [-0.1, -0.05) is 12.1 Å². The first-order chi connectivity index (χ1) is 5.47. The Hall–Kier alpha value is -1.15. The molecule has 2 heteroatoms. The lowest BCUT2D eigenvalue weighted by Crippen LogP contribution is -1.75. The smallest absolute Gasteiger partial charge is 0.0880 e. The summed E-state index contributed by atoms with van der Waals surface area (Å²) >= 11 is 1.68. The minimum atomic E-state index is 0.933. The monoisotopic (exact) mass is 160 g/mol. The highest BCUT2D eigenvalue weighted by Crippen LogP contribution is 2.20. The molecule has 0 bridgehead atoms. The topological polar surface area (TPSA) is 12.9 Å². The highest BCUT2D eigenvalue weighted by atomic mass is 32.1. The van der Waals surface area contributed by atoms with Gasteiger partial charge in [0.05, 0.1) is 10.6 Å². The third kappa shape index (κ3) is 1.30. The van der Waals surface area contributed by atoms with Crippen molar-refractivity contribution >= 4 is 11.3 Å². The van der Waals surface area contributed by atoms with E-state index in [4.69, 9.17) is 0 Å². The zero-order valence-electron chi connectivity index (χ0n) is 5.82. The summed E-state index contributed by atoms with van der Waals surface area (Å²) in [4.78, 5) is 5.35. The van der Waals surface area contributed by atoms with Gasteiger partial charge in [-0.25, -0.2) is 0 Å². The van der Waals surface area contributed by atoms with Gasteiger partial charge in [-0.2, -0.15) is 0 Å². The second kappa shape index (κ2) is 2.84. The molecule has 0 atom stereocenters. The summed E-state index contributed by atoms with van der Waals surface area (Å²) in [5.74, 6) is 0. The van der Waals surface area contributed by atoms with Crippen molar-refractivity contribution < 1.29 is 0 Å². The Morgan fingerprint density at radius 1 is 1.36 bits per heavy atom. The van der Waals surface area contributed by atoms with Gasteiger partial charge in [0.2, 0.25) is 0 Å². The summed E-state index contributed by atoms with van der Waals surface area (Å²) in [6.07, 6.45) is 1.78. The first-order valence-electron chi connectivity index (χ1n) is 3.33. The molecule has 0 spiro atoms. The minimum Gasteiger partial charge on any atom is -0.255 e. The zero-order chi connectivity index (χ0) is 7.52. The molecule has 2 heterocycles. The van der Waals surface area contributed by atoms with Crippen LogP contribution in [0.3, 0.4) is 0 Å². The fourth-order valence-electron chi connectivity index (χ4n) is 0.873. The third-order valence-electron chi connectivity index (χ3n) is 1.36. The minimum absolute atomic E-state index is 0.933. The van der Waals surface area contributed by atoms with Crippen LogP contribution in [0.5, 0.6) is 0 Å². The molecule has 1 nitrogen and oxygen atoms in total. The average molecular weight is 160 g/mol. The highest BCUT2D eigenvalue weighted by molar-refractivity contribution is 7.13. The molecule has 1 radical (unpaired) electrons. The standard InChI is InChI=1S/C9H6NS/c1-2-6-10-8(4-1)9-5-3-7-11-9/h1-3,5-7H. The van der Waals surface area contributed by atoms with Gasteiger partial charge in [0.15, 0.2) is 0 Å². The van der Waals surface area contributed by atoms with Gasteiger partial charge < -0.3 is 0 Å². The normalized spacial score (nSPS) is 9.82. The Bertz CT molecular complexity index is 313. The molecule has 0 unspecified atom stereocenters. The summed E-state index contributed by atoms with van der Waals surface area (Å²) in [6.45, 7) is 0. The summed E-state index contributed by atoms with van der Waals surface area (Å²) in [5, 5.41) is 2.04. The number of hydrogen-bond donors (Lipinski definition) is 0. The zero-order valence-corrected chi connectivity index (χ0v) is 6.64. The van der Waals surface area contributed by atoms with Gasteiger partial charge >= 0.3 is 0 Å². The SMILES string of the molecule is [c]1cccnc1-c1cccs1. The molecule has 0 N–H and O–H groups in total. The number of nitrogens with zero attached hydrogens (tertiary/aromatic N) is 1. The maximum atomic E-state index is 4.18. The van der Waals surface area contributed by atoms with Gasteiger partial charge in [-0.05, 0) is 17.5 Å². The summed E-state index contributed by atoms with van der Waals surface area (Å²) < 4.78 is 0. The molecule has 0 fully saturated rings. The Labute approximate surface area is 69.3 Å². The number of rotatable bonds is 1. The highest BCUT2D eigenvalue weighted by Gasteiger charge is 1.96. The van der Waals surface area contributed by atoms with E-state index in [1.54, 1.807) is 17.5 Å². The molecule has 0 aliphatic heterocycles. The summed E-state index contributed by atoms with van der Waals surface area (Å²) in [7, 11) is 0. The van der Waals surface area contributed by atoms with Crippen LogP contribution in [0, 0.1) is 6.07 Å². The maximum absolute atomic E-state index is 4.18. The first-order valence-corrected chi connectivity index (χ1v) is 4.21.